The van der Waals surface area contributed by atoms with Crippen LogP contribution in [-0.4, -0.2) is 24.5 Å². The minimum absolute atomic E-state index is 0.0700. The molecule has 1 aliphatic heterocycles. The summed E-state index contributed by atoms with van der Waals surface area (Å²) >= 11 is 0. The van der Waals surface area contributed by atoms with Gasteiger partial charge in [0.15, 0.2) is 0 Å². The van der Waals surface area contributed by atoms with Gasteiger partial charge in [0.2, 0.25) is 5.91 Å². The van der Waals surface area contributed by atoms with E-state index in [-0.39, 0.29) is 11.9 Å². The highest BCUT2D eigenvalue weighted by atomic mass is 16.2. The summed E-state index contributed by atoms with van der Waals surface area (Å²) in [6.45, 7) is 5.20. The maximum absolute atomic E-state index is 11.6. The van der Waals surface area contributed by atoms with Crippen LogP contribution in [0.4, 0.5) is 0 Å². The minimum Gasteiger partial charge on any atom is -0.352 e. The van der Waals surface area contributed by atoms with Gasteiger partial charge in [-0.25, -0.2) is 0 Å². The van der Waals surface area contributed by atoms with Crippen molar-refractivity contribution >= 4 is 5.91 Å². The summed E-state index contributed by atoms with van der Waals surface area (Å²) < 4.78 is 0. The van der Waals surface area contributed by atoms with Crippen molar-refractivity contribution in [3.8, 4) is 0 Å². The van der Waals surface area contributed by atoms with Gasteiger partial charge < -0.3 is 10.6 Å². The molecule has 0 aromatic heterocycles. The van der Waals surface area contributed by atoms with E-state index >= 15 is 0 Å². The van der Waals surface area contributed by atoms with Crippen molar-refractivity contribution in [2.24, 2.45) is 0 Å². The van der Waals surface area contributed by atoms with E-state index in [1.54, 1.807) is 0 Å². The van der Waals surface area contributed by atoms with Crippen LogP contribution in [0.5, 0.6) is 0 Å². The molecular weight excluding hydrogens is 164 g/mol. The molecule has 0 saturated carbocycles. The lowest BCUT2D eigenvalue weighted by atomic mass is 10.1. The van der Waals surface area contributed by atoms with E-state index in [1.807, 2.05) is 0 Å². The second-order valence-corrected chi connectivity index (χ2v) is 3.67. The predicted molar refractivity (Wildman–Crippen MR) is 53.5 cm³/mol. The molecule has 1 aliphatic rings. The lowest BCUT2D eigenvalue weighted by Gasteiger charge is -2.17. The smallest absolute Gasteiger partial charge is 0.237 e. The quantitative estimate of drug-likeness (QED) is 0.685. The fourth-order valence-electron chi connectivity index (χ4n) is 1.70. The van der Waals surface area contributed by atoms with Gasteiger partial charge in [0, 0.05) is 6.04 Å². The van der Waals surface area contributed by atoms with Crippen molar-refractivity contribution in [3.63, 3.8) is 0 Å². The molecule has 0 bridgehead atoms. The van der Waals surface area contributed by atoms with Crippen molar-refractivity contribution < 1.29 is 4.79 Å². The van der Waals surface area contributed by atoms with Crippen LogP contribution in [0.1, 0.15) is 39.5 Å². The third kappa shape index (κ3) is 2.99. The van der Waals surface area contributed by atoms with Crippen LogP contribution in [0.25, 0.3) is 0 Å². The Balaban J connectivity index is 2.30. The summed E-state index contributed by atoms with van der Waals surface area (Å²) in [5.41, 5.74) is 0. The fourth-order valence-corrected chi connectivity index (χ4v) is 1.70. The van der Waals surface area contributed by atoms with Gasteiger partial charge in [-0.15, -0.1) is 0 Å². The van der Waals surface area contributed by atoms with Gasteiger partial charge >= 0.3 is 0 Å². The Morgan fingerprint density at radius 1 is 1.54 bits per heavy atom. The van der Waals surface area contributed by atoms with Crippen molar-refractivity contribution in [3.05, 3.63) is 0 Å². The number of hydrogen-bond donors (Lipinski definition) is 2. The monoisotopic (exact) mass is 184 g/mol. The number of nitrogens with one attached hydrogen (secondary N) is 2. The van der Waals surface area contributed by atoms with Crippen LogP contribution >= 0.6 is 0 Å². The summed E-state index contributed by atoms with van der Waals surface area (Å²) in [6, 6.07) is 0.426. The van der Waals surface area contributed by atoms with Crippen molar-refractivity contribution in [2.45, 2.75) is 51.6 Å². The van der Waals surface area contributed by atoms with E-state index in [9.17, 15) is 4.79 Å². The number of carbonyl (C=O) groups excluding carboxylic acids is 1. The van der Waals surface area contributed by atoms with Gasteiger partial charge in [0.25, 0.3) is 0 Å². The standard InChI is InChI=1S/C10H20N2O/c1-3-8(4-2)12-10(13)9-6-5-7-11-9/h8-9,11H,3-7H2,1-2H3,(H,12,13)/t9-/m0/s1. The third-order valence-electron chi connectivity index (χ3n) is 2.71. The molecule has 0 spiro atoms. The Bertz CT molecular complexity index is 160. The average Bonchev–Trinajstić information content (AvgIpc) is 2.66. The van der Waals surface area contributed by atoms with Crippen molar-refractivity contribution in [1.29, 1.82) is 0 Å². The highest BCUT2D eigenvalue weighted by Crippen LogP contribution is 2.06. The van der Waals surface area contributed by atoms with E-state index in [2.05, 4.69) is 24.5 Å². The van der Waals surface area contributed by atoms with Gasteiger partial charge in [-0.05, 0) is 32.2 Å². The van der Waals surface area contributed by atoms with E-state index in [4.69, 9.17) is 0 Å². The zero-order valence-electron chi connectivity index (χ0n) is 8.60. The van der Waals surface area contributed by atoms with E-state index < -0.39 is 0 Å². The Kier molecular flexibility index (Phi) is 4.22. The van der Waals surface area contributed by atoms with Gasteiger partial charge in [0.05, 0.1) is 6.04 Å². The van der Waals surface area contributed by atoms with Crippen LogP contribution < -0.4 is 10.6 Å². The first-order valence-electron chi connectivity index (χ1n) is 5.31. The Morgan fingerprint density at radius 3 is 2.69 bits per heavy atom. The highest BCUT2D eigenvalue weighted by Gasteiger charge is 2.22. The molecule has 76 valence electrons. The second-order valence-electron chi connectivity index (χ2n) is 3.67. The molecule has 1 amide bonds. The first-order valence-corrected chi connectivity index (χ1v) is 5.31. The molecule has 1 fully saturated rings. The summed E-state index contributed by atoms with van der Waals surface area (Å²) in [6.07, 6.45) is 4.16. The van der Waals surface area contributed by atoms with E-state index in [0.29, 0.717) is 6.04 Å². The number of amides is 1. The van der Waals surface area contributed by atoms with Gasteiger partial charge in [-0.1, -0.05) is 13.8 Å². The Hall–Kier alpha value is -0.570. The zero-order chi connectivity index (χ0) is 9.68. The SMILES string of the molecule is CCC(CC)NC(=O)[C@@H]1CCCN1. The van der Waals surface area contributed by atoms with E-state index in [0.717, 1.165) is 32.2 Å². The summed E-state index contributed by atoms with van der Waals surface area (Å²) in [7, 11) is 0. The summed E-state index contributed by atoms with van der Waals surface area (Å²) in [5.74, 6) is 0.186. The van der Waals surface area contributed by atoms with Crippen LogP contribution in [0, 0.1) is 0 Å². The number of carbonyl (C=O) groups is 1. The first kappa shape index (κ1) is 10.5. The first-order chi connectivity index (χ1) is 6.27. The van der Waals surface area contributed by atoms with Crippen LogP contribution in [0.3, 0.4) is 0 Å². The van der Waals surface area contributed by atoms with Gasteiger partial charge in [0.1, 0.15) is 0 Å². The fraction of sp³-hybridized carbons (Fsp3) is 0.900. The molecule has 13 heavy (non-hydrogen) atoms. The van der Waals surface area contributed by atoms with Gasteiger partial charge in [-0.2, -0.15) is 0 Å². The maximum atomic E-state index is 11.6. The zero-order valence-corrected chi connectivity index (χ0v) is 8.60. The molecule has 3 heteroatoms. The Labute approximate surface area is 80.3 Å². The van der Waals surface area contributed by atoms with Crippen LogP contribution in [-0.2, 0) is 4.79 Å². The van der Waals surface area contributed by atoms with Gasteiger partial charge in [-0.3, -0.25) is 4.79 Å². The molecular formula is C10H20N2O. The number of rotatable bonds is 4. The van der Waals surface area contributed by atoms with Crippen LogP contribution in [0.2, 0.25) is 0 Å². The highest BCUT2D eigenvalue weighted by molar-refractivity contribution is 5.82. The van der Waals surface area contributed by atoms with E-state index in [1.165, 1.54) is 0 Å². The molecule has 1 heterocycles. The van der Waals surface area contributed by atoms with Crippen LogP contribution in [0.15, 0.2) is 0 Å². The molecule has 3 nitrogen and oxygen atoms in total. The largest absolute Gasteiger partial charge is 0.352 e. The minimum atomic E-state index is 0.0700. The molecule has 1 rings (SSSR count). The normalized spacial score (nSPS) is 22.2. The molecule has 0 aromatic rings. The molecule has 1 atom stereocenters. The molecule has 0 aromatic carbocycles. The molecule has 0 radical (unpaired) electrons. The predicted octanol–water partition coefficient (Wildman–Crippen LogP) is 1.04. The average molecular weight is 184 g/mol. The molecule has 0 aliphatic carbocycles. The second kappa shape index (κ2) is 5.22. The molecule has 0 unspecified atom stereocenters. The third-order valence-corrected chi connectivity index (χ3v) is 2.71. The lowest BCUT2D eigenvalue weighted by Crippen LogP contribution is -2.44. The maximum Gasteiger partial charge on any atom is 0.237 e. The topological polar surface area (TPSA) is 41.1 Å². The Morgan fingerprint density at radius 2 is 2.23 bits per heavy atom. The number of hydrogen-bond acceptors (Lipinski definition) is 2. The van der Waals surface area contributed by atoms with Crippen molar-refractivity contribution in [1.82, 2.24) is 10.6 Å². The summed E-state index contributed by atoms with van der Waals surface area (Å²) in [4.78, 5) is 11.6. The lowest BCUT2D eigenvalue weighted by molar-refractivity contribution is -0.123. The molecule has 2 N–H and O–H groups in total. The summed E-state index contributed by atoms with van der Waals surface area (Å²) in [5, 5.41) is 6.25. The molecule has 1 saturated heterocycles. The van der Waals surface area contributed by atoms with Crippen molar-refractivity contribution in [2.75, 3.05) is 6.54 Å².